The highest BCUT2D eigenvalue weighted by Gasteiger charge is 2.49. The quantitative estimate of drug-likeness (QED) is 0.242. The molecule has 2 unspecified atom stereocenters. The average molecular weight is 700 g/mol. The summed E-state index contributed by atoms with van der Waals surface area (Å²) in [6.45, 7) is 7.43. The molecule has 0 amide bonds. The number of pyridine rings is 1. The molecule has 2 aromatic carbocycles. The van der Waals surface area contributed by atoms with Crippen LogP contribution in [0.1, 0.15) is 44.1 Å². The highest BCUT2D eigenvalue weighted by molar-refractivity contribution is 6.03. The van der Waals surface area contributed by atoms with E-state index in [1.54, 1.807) is 0 Å². The molecule has 51 heavy (non-hydrogen) atoms. The maximum atomic E-state index is 17.0. The number of benzene rings is 2. The third-order valence-electron chi connectivity index (χ3n) is 11.1. The highest BCUT2D eigenvalue weighted by atomic mass is 19.1. The number of hydrogen-bond donors (Lipinski definition) is 1. The van der Waals surface area contributed by atoms with Crippen molar-refractivity contribution in [1.29, 1.82) is 0 Å². The summed E-state index contributed by atoms with van der Waals surface area (Å²) in [5, 5.41) is 11.8. The number of anilines is 1. The van der Waals surface area contributed by atoms with Crippen molar-refractivity contribution in [1.82, 2.24) is 19.9 Å². The first kappa shape index (κ1) is 34.0. The molecule has 4 aromatic rings. The minimum atomic E-state index is -0.736. The van der Waals surface area contributed by atoms with E-state index in [1.807, 2.05) is 0 Å². The van der Waals surface area contributed by atoms with Crippen LogP contribution >= 0.6 is 0 Å². The molecule has 8 rings (SSSR count). The first-order chi connectivity index (χ1) is 24.9. The summed E-state index contributed by atoms with van der Waals surface area (Å²) in [4.78, 5) is 18.8. The Labute approximate surface area is 296 Å². The van der Waals surface area contributed by atoms with Crippen LogP contribution in [0.25, 0.3) is 32.9 Å². The van der Waals surface area contributed by atoms with Crippen molar-refractivity contribution in [2.75, 3.05) is 77.3 Å². The van der Waals surface area contributed by atoms with Gasteiger partial charge in [0.2, 0.25) is 0 Å². The monoisotopic (exact) mass is 699 g/mol. The number of nitrogens with zero attached hydrogens (tertiary/aromatic N) is 5. The zero-order valence-electron chi connectivity index (χ0n) is 28.7. The average Bonchev–Trinajstić information content (AvgIpc) is 3.27. The molecule has 12 heteroatoms. The summed E-state index contributed by atoms with van der Waals surface area (Å²) in [6.07, 6.45) is 13.4. The molecule has 10 nitrogen and oxygen atoms in total. The van der Waals surface area contributed by atoms with Gasteiger partial charge in [0, 0.05) is 60.8 Å². The standard InChI is InChI=1S/C39H43F2N5O5/c1-2-28-31(40)8-7-26-18-27(47)19-29(33(26)28)35-34(41)36-30(20-42-35)37(45-12-5-14-48-15-13-45)44-38(43-36)51-24-39-9-3-6-32(39)46(11-4-10-39)21-25-22-49-16-17-50-23-25/h1,7-8,18-20,25,32,47H,3-6,9-17,21-24H2. The second-order valence-electron chi connectivity index (χ2n) is 14.3. The van der Waals surface area contributed by atoms with Crippen LogP contribution in [-0.2, 0) is 14.2 Å². The van der Waals surface area contributed by atoms with E-state index >= 15 is 4.39 Å². The molecule has 4 aliphatic rings. The van der Waals surface area contributed by atoms with Crippen molar-refractivity contribution in [3.63, 3.8) is 0 Å². The van der Waals surface area contributed by atoms with E-state index in [2.05, 4.69) is 20.7 Å². The van der Waals surface area contributed by atoms with Crippen LogP contribution in [0.15, 0.2) is 30.5 Å². The fourth-order valence-corrected chi connectivity index (χ4v) is 8.77. The van der Waals surface area contributed by atoms with Gasteiger partial charge in [0.05, 0.1) is 50.6 Å². The van der Waals surface area contributed by atoms with Crippen LogP contribution in [0.3, 0.4) is 0 Å². The molecular weight excluding hydrogens is 656 g/mol. The second-order valence-corrected chi connectivity index (χ2v) is 14.3. The molecule has 3 aliphatic heterocycles. The third-order valence-corrected chi connectivity index (χ3v) is 11.1. The molecule has 2 aromatic heterocycles. The number of fused-ring (bicyclic) bond motifs is 3. The Kier molecular flexibility index (Phi) is 9.63. The van der Waals surface area contributed by atoms with E-state index in [0.29, 0.717) is 87.9 Å². The fourth-order valence-electron chi connectivity index (χ4n) is 8.77. The van der Waals surface area contributed by atoms with E-state index in [9.17, 15) is 9.50 Å². The normalized spacial score (nSPS) is 23.5. The van der Waals surface area contributed by atoms with Crippen LogP contribution in [0, 0.1) is 35.3 Å². The van der Waals surface area contributed by atoms with E-state index in [1.165, 1.54) is 30.5 Å². The number of phenolic OH excluding ortho intramolecular Hbond substituents is 1. The SMILES string of the molecule is C#Cc1c(F)ccc2cc(O)cc(-c3ncc4c(N5CCCOCC5)nc(OCC56CCCC5N(CC5COCCOC5)CCC6)nc4c3F)c12. The predicted octanol–water partition coefficient (Wildman–Crippen LogP) is 5.71. The largest absolute Gasteiger partial charge is 0.508 e. The molecule has 0 spiro atoms. The Morgan fingerprint density at radius 1 is 0.980 bits per heavy atom. The van der Waals surface area contributed by atoms with Crippen molar-refractivity contribution in [2.24, 2.45) is 11.3 Å². The first-order valence-corrected chi connectivity index (χ1v) is 18.1. The van der Waals surface area contributed by atoms with Gasteiger partial charge < -0.3 is 29.0 Å². The number of terminal acetylenes is 1. The van der Waals surface area contributed by atoms with Gasteiger partial charge in [-0.15, -0.1) is 6.42 Å². The van der Waals surface area contributed by atoms with E-state index in [-0.39, 0.29) is 44.9 Å². The van der Waals surface area contributed by atoms with Gasteiger partial charge in [-0.05, 0) is 62.2 Å². The summed E-state index contributed by atoms with van der Waals surface area (Å²) in [6, 6.07) is 6.01. The molecule has 3 saturated heterocycles. The zero-order chi connectivity index (χ0) is 35.0. The molecule has 1 saturated carbocycles. The predicted molar refractivity (Wildman–Crippen MR) is 189 cm³/mol. The Balaban J connectivity index is 1.17. The molecule has 0 bridgehead atoms. The van der Waals surface area contributed by atoms with Gasteiger partial charge >= 0.3 is 6.01 Å². The number of ether oxygens (including phenoxy) is 4. The summed E-state index contributed by atoms with van der Waals surface area (Å²) in [5.41, 5.74) is -0.0185. The number of aromatic nitrogens is 3. The summed E-state index contributed by atoms with van der Waals surface area (Å²) >= 11 is 0. The van der Waals surface area contributed by atoms with Gasteiger partial charge in [-0.1, -0.05) is 18.4 Å². The van der Waals surface area contributed by atoms with Crippen molar-refractivity contribution in [2.45, 2.75) is 44.6 Å². The number of piperidine rings is 1. The number of hydrogen-bond acceptors (Lipinski definition) is 10. The van der Waals surface area contributed by atoms with Crippen LogP contribution in [0.2, 0.25) is 0 Å². The van der Waals surface area contributed by atoms with Crippen LogP contribution in [0.5, 0.6) is 11.8 Å². The molecular formula is C39H43F2N5O5. The maximum Gasteiger partial charge on any atom is 0.319 e. The summed E-state index contributed by atoms with van der Waals surface area (Å²) in [7, 11) is 0. The van der Waals surface area contributed by atoms with Crippen molar-refractivity contribution in [3.8, 4) is 35.4 Å². The molecule has 5 heterocycles. The van der Waals surface area contributed by atoms with Crippen molar-refractivity contribution in [3.05, 3.63) is 47.7 Å². The summed E-state index contributed by atoms with van der Waals surface area (Å²) < 4.78 is 55.8. The summed E-state index contributed by atoms with van der Waals surface area (Å²) in [5.74, 6) is 1.76. The van der Waals surface area contributed by atoms with Crippen molar-refractivity contribution >= 4 is 27.5 Å². The number of halogens is 2. The van der Waals surface area contributed by atoms with E-state index < -0.39 is 11.6 Å². The molecule has 1 N–H and O–H groups in total. The first-order valence-electron chi connectivity index (χ1n) is 18.1. The Hall–Kier alpha value is -4.15. The van der Waals surface area contributed by atoms with Gasteiger partial charge in [0.25, 0.3) is 0 Å². The lowest BCUT2D eigenvalue weighted by Gasteiger charge is -2.47. The lowest BCUT2D eigenvalue weighted by atomic mass is 9.75. The smallest absolute Gasteiger partial charge is 0.319 e. The lowest BCUT2D eigenvalue weighted by molar-refractivity contribution is -0.0170. The third kappa shape index (κ3) is 6.57. The number of rotatable bonds is 7. The minimum Gasteiger partial charge on any atom is -0.508 e. The van der Waals surface area contributed by atoms with E-state index in [0.717, 1.165) is 51.6 Å². The van der Waals surface area contributed by atoms with Gasteiger partial charge in [-0.2, -0.15) is 9.97 Å². The van der Waals surface area contributed by atoms with Crippen LogP contribution in [-0.4, -0.2) is 103 Å². The molecule has 0 radical (unpaired) electrons. The number of phenols is 1. The van der Waals surface area contributed by atoms with Crippen LogP contribution < -0.4 is 9.64 Å². The number of likely N-dealkylation sites (tertiary alicyclic amines) is 1. The van der Waals surface area contributed by atoms with Gasteiger partial charge in [-0.25, -0.2) is 8.78 Å². The van der Waals surface area contributed by atoms with E-state index in [4.69, 9.17) is 35.3 Å². The minimum absolute atomic E-state index is 0.0272. The topological polar surface area (TPSA) is 102 Å². The zero-order valence-corrected chi connectivity index (χ0v) is 28.7. The Morgan fingerprint density at radius 2 is 1.82 bits per heavy atom. The maximum absolute atomic E-state index is 17.0. The molecule has 2 atom stereocenters. The number of aromatic hydroxyl groups is 1. The molecule has 268 valence electrons. The lowest BCUT2D eigenvalue weighted by Crippen LogP contribution is -2.53. The van der Waals surface area contributed by atoms with Crippen LogP contribution in [0.4, 0.5) is 14.6 Å². The van der Waals surface area contributed by atoms with Gasteiger partial charge in [0.1, 0.15) is 28.6 Å². The Bertz CT molecular complexity index is 1960. The fraction of sp³-hybridized carbons (Fsp3) is 0.513. The molecule has 4 fully saturated rings. The molecule has 1 aliphatic carbocycles. The Morgan fingerprint density at radius 3 is 2.67 bits per heavy atom. The van der Waals surface area contributed by atoms with Gasteiger partial charge in [-0.3, -0.25) is 9.88 Å². The second kappa shape index (κ2) is 14.5. The van der Waals surface area contributed by atoms with Crippen molar-refractivity contribution < 1.29 is 32.8 Å². The van der Waals surface area contributed by atoms with Gasteiger partial charge in [0.15, 0.2) is 5.82 Å². The highest BCUT2D eigenvalue weighted by Crippen LogP contribution is 2.48.